The van der Waals surface area contributed by atoms with E-state index in [1.807, 2.05) is 0 Å². The van der Waals surface area contributed by atoms with Crippen molar-refractivity contribution in [1.82, 2.24) is 33.6 Å². The van der Waals surface area contributed by atoms with E-state index in [2.05, 4.69) is 15.3 Å². The molecule has 4 heterocycles. The van der Waals surface area contributed by atoms with Gasteiger partial charge in [-0.25, -0.2) is 30.8 Å². The molecule has 1 aliphatic heterocycles. The molecule has 3 aromatic rings. The quantitative estimate of drug-likeness (QED) is 0.274. The maximum absolute atomic E-state index is 12.8. The number of carbonyl (C=O) groups is 1. The van der Waals surface area contributed by atoms with Gasteiger partial charge in [0.25, 0.3) is 31.9 Å². The summed E-state index contributed by atoms with van der Waals surface area (Å²) in [6.07, 6.45) is -2.43. The molecule has 1 amide bonds. The van der Waals surface area contributed by atoms with Crippen LogP contribution in [0, 0.1) is 13.8 Å². The first kappa shape index (κ1) is 33.3. The zero-order chi connectivity index (χ0) is 31.8. The Morgan fingerprint density at radius 1 is 0.952 bits per heavy atom. The molecule has 0 aliphatic carbocycles. The monoisotopic (exact) mass is 661 g/mol. The number of hydrogen-bond acceptors (Lipinski definition) is 9. The van der Waals surface area contributed by atoms with Crippen molar-refractivity contribution in [2.75, 3.05) is 0 Å². The van der Waals surface area contributed by atoms with Crippen LogP contribution < -0.4 is 0 Å². The van der Waals surface area contributed by atoms with Crippen LogP contribution in [0.2, 0.25) is 0 Å². The van der Waals surface area contributed by atoms with E-state index in [1.165, 1.54) is 24.9 Å². The summed E-state index contributed by atoms with van der Waals surface area (Å²) in [7, 11) is -2.95. The highest BCUT2D eigenvalue weighted by Crippen LogP contribution is 2.26. The van der Waals surface area contributed by atoms with Crippen molar-refractivity contribution in [3.05, 3.63) is 41.2 Å². The van der Waals surface area contributed by atoms with Crippen LogP contribution in [0.25, 0.3) is 0 Å². The number of nitrogens with zero attached hydrogens (tertiary/aromatic N) is 7. The topological polar surface area (TPSA) is 151 Å². The van der Waals surface area contributed by atoms with Crippen molar-refractivity contribution in [2.45, 2.75) is 89.0 Å². The van der Waals surface area contributed by atoms with Crippen molar-refractivity contribution < 1.29 is 43.9 Å². The van der Waals surface area contributed by atoms with Gasteiger partial charge >= 0.3 is 6.09 Å². The van der Waals surface area contributed by atoms with Crippen LogP contribution in [-0.2, 0) is 50.0 Å². The standard InChI is InChI=1S/C16H21F2N5O4S.C6H7ClF2N2O2S/c1-10-13(5-19-22(10)9-14(17)18)28(25,26)23-7-11-6-21(8-12(11)20-23)15(24)27-16(2,3)4;1-4-5(14(7,12)13)2-10-11(4)3-6(8)9/h5,7,14H,6,8-9H2,1-4H3;2,6H,3H2,1H3. The molecule has 0 saturated carbocycles. The van der Waals surface area contributed by atoms with Crippen molar-refractivity contribution in [3.8, 4) is 0 Å². The summed E-state index contributed by atoms with van der Waals surface area (Å²) in [6, 6.07) is 0. The Hall–Kier alpha value is -3.19. The Morgan fingerprint density at radius 3 is 1.88 bits per heavy atom. The lowest BCUT2D eigenvalue weighted by Crippen LogP contribution is -2.33. The van der Waals surface area contributed by atoms with Crippen LogP contribution in [0.5, 0.6) is 0 Å². The first-order chi connectivity index (χ1) is 19.2. The Kier molecular flexibility index (Phi) is 9.67. The SMILES string of the molecule is Cc1c(S(=O)(=O)Cl)cnn1CC(F)F.Cc1c(S(=O)(=O)n2cc3c(n2)CN(C(=O)OC(C)(C)C)C3)cnn1CC(F)F. The van der Waals surface area contributed by atoms with E-state index in [0.717, 1.165) is 25.8 Å². The summed E-state index contributed by atoms with van der Waals surface area (Å²) in [5.74, 6) is 0. The van der Waals surface area contributed by atoms with Crippen LogP contribution >= 0.6 is 10.7 Å². The van der Waals surface area contributed by atoms with Crippen molar-refractivity contribution in [1.29, 1.82) is 0 Å². The van der Waals surface area contributed by atoms with E-state index in [0.29, 0.717) is 11.3 Å². The Bertz CT molecular complexity index is 1640. The molecule has 0 spiro atoms. The molecule has 0 bridgehead atoms. The van der Waals surface area contributed by atoms with E-state index in [9.17, 15) is 39.2 Å². The van der Waals surface area contributed by atoms with Crippen molar-refractivity contribution in [2.24, 2.45) is 0 Å². The van der Waals surface area contributed by atoms with Crippen molar-refractivity contribution >= 4 is 35.8 Å². The normalized spacial score (nSPS) is 13.9. The fourth-order valence-corrected chi connectivity index (χ4v) is 6.21. The summed E-state index contributed by atoms with van der Waals surface area (Å²) in [4.78, 5) is 13.1. The molecule has 3 aromatic heterocycles. The largest absolute Gasteiger partial charge is 0.444 e. The molecule has 0 radical (unpaired) electrons. The second-order valence-electron chi connectivity index (χ2n) is 10.1. The van der Waals surface area contributed by atoms with Gasteiger partial charge in [-0.3, -0.25) is 14.3 Å². The minimum Gasteiger partial charge on any atom is -0.444 e. The molecule has 0 saturated heterocycles. The highest BCUT2D eigenvalue weighted by molar-refractivity contribution is 8.13. The average molecular weight is 662 g/mol. The number of hydrogen-bond donors (Lipinski definition) is 0. The summed E-state index contributed by atoms with van der Waals surface area (Å²) >= 11 is 0. The molecule has 20 heteroatoms. The lowest BCUT2D eigenvalue weighted by atomic mass is 10.2. The fourth-order valence-electron chi connectivity index (χ4n) is 3.79. The maximum atomic E-state index is 12.8. The minimum absolute atomic E-state index is 0.103. The second-order valence-corrected chi connectivity index (χ2v) is 14.4. The second kappa shape index (κ2) is 12.2. The molecule has 0 atom stereocenters. The van der Waals surface area contributed by atoms with E-state index >= 15 is 0 Å². The third kappa shape index (κ3) is 7.80. The summed E-state index contributed by atoms with van der Waals surface area (Å²) in [5, 5.41) is 11.3. The number of amides is 1. The minimum atomic E-state index is -4.09. The molecule has 4 rings (SSSR count). The van der Waals surface area contributed by atoms with Gasteiger partial charge < -0.3 is 4.74 Å². The zero-order valence-electron chi connectivity index (χ0n) is 23.0. The molecule has 0 fully saturated rings. The van der Waals surface area contributed by atoms with Crippen LogP contribution in [0.1, 0.15) is 43.4 Å². The molecule has 0 aromatic carbocycles. The molecule has 42 heavy (non-hydrogen) atoms. The van der Waals surface area contributed by atoms with Gasteiger partial charge in [-0.1, -0.05) is 0 Å². The lowest BCUT2D eigenvalue weighted by Gasteiger charge is -2.24. The molecular formula is C22H28ClF4N7O6S2. The number of aromatic nitrogens is 6. The third-order valence-electron chi connectivity index (χ3n) is 5.73. The van der Waals surface area contributed by atoms with Gasteiger partial charge in [0.15, 0.2) is 0 Å². The molecule has 1 aliphatic rings. The van der Waals surface area contributed by atoms with E-state index in [1.54, 1.807) is 20.8 Å². The number of fused-ring (bicyclic) bond motifs is 1. The van der Waals surface area contributed by atoms with Crippen LogP contribution in [0.3, 0.4) is 0 Å². The van der Waals surface area contributed by atoms with Gasteiger partial charge in [0.1, 0.15) is 28.5 Å². The smallest absolute Gasteiger partial charge is 0.410 e. The predicted octanol–water partition coefficient (Wildman–Crippen LogP) is 3.52. The molecular weight excluding hydrogens is 634 g/mol. The van der Waals surface area contributed by atoms with E-state index < -0.39 is 56.7 Å². The summed E-state index contributed by atoms with van der Waals surface area (Å²) in [5.41, 5.74) is 0.585. The molecule has 13 nitrogen and oxygen atoms in total. The average Bonchev–Trinajstić information content (AvgIpc) is 3.56. The number of carbonyl (C=O) groups excluding carboxylic acids is 1. The number of ether oxygens (including phenoxy) is 1. The van der Waals surface area contributed by atoms with E-state index in [-0.39, 0.29) is 34.3 Å². The van der Waals surface area contributed by atoms with Gasteiger partial charge in [0.2, 0.25) is 0 Å². The zero-order valence-corrected chi connectivity index (χ0v) is 25.4. The van der Waals surface area contributed by atoms with Gasteiger partial charge in [0.05, 0.1) is 42.6 Å². The number of alkyl halides is 4. The molecule has 0 N–H and O–H groups in total. The Morgan fingerprint density at radius 2 is 1.45 bits per heavy atom. The van der Waals surface area contributed by atoms with Crippen molar-refractivity contribution in [3.63, 3.8) is 0 Å². The number of rotatable bonds is 7. The first-order valence-corrected chi connectivity index (χ1v) is 15.8. The first-order valence-electron chi connectivity index (χ1n) is 12.1. The molecule has 0 unspecified atom stereocenters. The highest BCUT2D eigenvalue weighted by atomic mass is 35.7. The fraction of sp³-hybridized carbons (Fsp3) is 0.545. The Balaban J connectivity index is 0.000000291. The third-order valence-corrected chi connectivity index (χ3v) is 8.80. The van der Waals surface area contributed by atoms with Crippen LogP contribution in [0.15, 0.2) is 28.4 Å². The Labute approximate surface area is 243 Å². The maximum Gasteiger partial charge on any atom is 0.410 e. The van der Waals surface area contributed by atoms with Gasteiger partial charge in [0, 0.05) is 22.4 Å². The summed E-state index contributed by atoms with van der Waals surface area (Å²) in [6.45, 7) is 6.99. The summed E-state index contributed by atoms with van der Waals surface area (Å²) < 4.78 is 104. The van der Waals surface area contributed by atoms with Gasteiger partial charge in [-0.2, -0.15) is 27.8 Å². The lowest BCUT2D eigenvalue weighted by molar-refractivity contribution is 0.0239. The highest BCUT2D eigenvalue weighted by Gasteiger charge is 2.33. The predicted molar refractivity (Wildman–Crippen MR) is 139 cm³/mol. The molecule has 234 valence electrons. The van der Waals surface area contributed by atoms with Crippen LogP contribution in [-0.4, -0.2) is 75.0 Å². The number of halogens is 5. The van der Waals surface area contributed by atoms with Crippen LogP contribution in [0.4, 0.5) is 22.4 Å². The van der Waals surface area contributed by atoms with Gasteiger partial charge in [-0.15, -0.1) is 0 Å². The van der Waals surface area contributed by atoms with Gasteiger partial charge in [-0.05, 0) is 34.6 Å². The van der Waals surface area contributed by atoms with E-state index in [4.69, 9.17) is 15.4 Å².